The highest BCUT2D eigenvalue weighted by molar-refractivity contribution is 5.88. The van der Waals surface area contributed by atoms with Crippen molar-refractivity contribution in [2.24, 2.45) is 0 Å². The molecule has 13 heavy (non-hydrogen) atoms. The quantitative estimate of drug-likeness (QED) is 0.666. The van der Waals surface area contributed by atoms with Crippen LogP contribution in [0.3, 0.4) is 0 Å². The molecule has 0 fully saturated rings. The van der Waals surface area contributed by atoms with Crippen LogP contribution in [0, 0.1) is 0 Å². The Kier molecular flexibility index (Phi) is 2.94. The predicted octanol–water partition coefficient (Wildman–Crippen LogP) is 0.935. The SMILES string of the molecule is COC(=O)c1cnn(CC(F)F)c1. The highest BCUT2D eigenvalue weighted by Crippen LogP contribution is 2.02. The Morgan fingerprint density at radius 3 is 3.00 bits per heavy atom. The van der Waals surface area contributed by atoms with Crippen molar-refractivity contribution in [3.05, 3.63) is 18.0 Å². The summed E-state index contributed by atoms with van der Waals surface area (Å²) in [6.45, 7) is -0.517. The molecule has 4 nitrogen and oxygen atoms in total. The van der Waals surface area contributed by atoms with Gasteiger partial charge in [-0.15, -0.1) is 0 Å². The highest BCUT2D eigenvalue weighted by Gasteiger charge is 2.10. The summed E-state index contributed by atoms with van der Waals surface area (Å²) in [4.78, 5) is 10.8. The van der Waals surface area contributed by atoms with E-state index in [0.717, 1.165) is 4.68 Å². The molecule has 0 saturated carbocycles. The molecule has 6 heteroatoms. The minimum atomic E-state index is -2.48. The summed E-state index contributed by atoms with van der Waals surface area (Å²) in [6, 6.07) is 0. The summed E-state index contributed by atoms with van der Waals surface area (Å²) < 4.78 is 29.0. The van der Waals surface area contributed by atoms with Gasteiger partial charge in [0.15, 0.2) is 0 Å². The minimum Gasteiger partial charge on any atom is -0.465 e. The Labute approximate surface area is 73.1 Å². The highest BCUT2D eigenvalue weighted by atomic mass is 19.3. The van der Waals surface area contributed by atoms with Crippen molar-refractivity contribution < 1.29 is 18.3 Å². The van der Waals surface area contributed by atoms with Crippen LogP contribution in [0.1, 0.15) is 10.4 Å². The van der Waals surface area contributed by atoms with E-state index in [-0.39, 0.29) is 5.56 Å². The van der Waals surface area contributed by atoms with E-state index in [1.807, 2.05) is 0 Å². The van der Waals surface area contributed by atoms with E-state index in [9.17, 15) is 13.6 Å². The standard InChI is InChI=1S/C7H8F2N2O2/c1-13-7(12)5-2-10-11(3-5)4-6(8)9/h2-3,6H,4H2,1H3. The number of nitrogens with zero attached hydrogens (tertiary/aromatic N) is 2. The molecule has 0 N–H and O–H groups in total. The van der Waals surface area contributed by atoms with Crippen molar-refractivity contribution >= 4 is 5.97 Å². The average Bonchev–Trinajstić information content (AvgIpc) is 2.50. The summed E-state index contributed by atoms with van der Waals surface area (Å²) in [5.74, 6) is -0.583. The van der Waals surface area contributed by atoms with E-state index in [0.29, 0.717) is 0 Å². The number of carbonyl (C=O) groups is 1. The van der Waals surface area contributed by atoms with Crippen LogP contribution in [-0.4, -0.2) is 29.3 Å². The fourth-order valence-electron chi connectivity index (χ4n) is 0.828. The van der Waals surface area contributed by atoms with Gasteiger partial charge in [-0.2, -0.15) is 5.10 Å². The monoisotopic (exact) mass is 190 g/mol. The van der Waals surface area contributed by atoms with E-state index >= 15 is 0 Å². The minimum absolute atomic E-state index is 0.170. The molecular weight excluding hydrogens is 182 g/mol. The molecule has 0 bridgehead atoms. The molecule has 0 aliphatic heterocycles. The average molecular weight is 190 g/mol. The Hall–Kier alpha value is -1.46. The summed E-state index contributed by atoms with van der Waals surface area (Å²) >= 11 is 0. The molecule has 0 aliphatic carbocycles. The van der Waals surface area contributed by atoms with Crippen LogP contribution in [0.4, 0.5) is 8.78 Å². The number of hydrogen-bond acceptors (Lipinski definition) is 3. The molecule has 0 atom stereocenters. The van der Waals surface area contributed by atoms with Crippen molar-refractivity contribution in [1.82, 2.24) is 9.78 Å². The molecule has 0 saturated heterocycles. The predicted molar refractivity (Wildman–Crippen MR) is 39.6 cm³/mol. The number of hydrogen-bond donors (Lipinski definition) is 0. The molecule has 1 aromatic heterocycles. The number of rotatable bonds is 3. The van der Waals surface area contributed by atoms with Crippen LogP contribution in [0.2, 0.25) is 0 Å². The maximum Gasteiger partial charge on any atom is 0.341 e. The first-order valence-electron chi connectivity index (χ1n) is 3.52. The number of halogens is 2. The second-order valence-electron chi connectivity index (χ2n) is 2.33. The Morgan fingerprint density at radius 1 is 1.77 bits per heavy atom. The number of ether oxygens (including phenoxy) is 1. The van der Waals surface area contributed by atoms with Crippen LogP contribution in [0.15, 0.2) is 12.4 Å². The molecule has 0 radical (unpaired) electrons. The van der Waals surface area contributed by atoms with Crippen molar-refractivity contribution in [3.63, 3.8) is 0 Å². The topological polar surface area (TPSA) is 44.1 Å². The van der Waals surface area contributed by atoms with Crippen LogP contribution >= 0.6 is 0 Å². The zero-order valence-corrected chi connectivity index (χ0v) is 6.91. The van der Waals surface area contributed by atoms with Crippen LogP contribution in [0.5, 0.6) is 0 Å². The van der Waals surface area contributed by atoms with Crippen LogP contribution < -0.4 is 0 Å². The number of aromatic nitrogens is 2. The van der Waals surface area contributed by atoms with Crippen LogP contribution in [0.25, 0.3) is 0 Å². The summed E-state index contributed by atoms with van der Waals surface area (Å²) in [6.07, 6.45) is -0.0722. The normalized spacial score (nSPS) is 10.5. The van der Waals surface area contributed by atoms with Gasteiger partial charge in [-0.25, -0.2) is 13.6 Å². The summed E-state index contributed by atoms with van der Waals surface area (Å²) in [5, 5.41) is 3.56. The summed E-state index contributed by atoms with van der Waals surface area (Å²) in [5.41, 5.74) is 0.170. The first-order valence-corrected chi connectivity index (χ1v) is 3.52. The largest absolute Gasteiger partial charge is 0.465 e. The van der Waals surface area contributed by atoms with E-state index in [2.05, 4.69) is 9.84 Å². The first kappa shape index (κ1) is 9.63. The third-order valence-electron chi connectivity index (χ3n) is 1.38. The lowest BCUT2D eigenvalue weighted by Gasteiger charge is -1.97. The zero-order chi connectivity index (χ0) is 9.84. The Morgan fingerprint density at radius 2 is 2.46 bits per heavy atom. The van der Waals surface area contributed by atoms with Gasteiger partial charge in [0.25, 0.3) is 6.43 Å². The molecule has 1 heterocycles. The number of alkyl halides is 2. The smallest absolute Gasteiger partial charge is 0.341 e. The second-order valence-corrected chi connectivity index (χ2v) is 2.33. The van der Waals surface area contributed by atoms with E-state index in [1.165, 1.54) is 19.5 Å². The lowest BCUT2D eigenvalue weighted by molar-refractivity contribution is 0.0600. The van der Waals surface area contributed by atoms with Gasteiger partial charge in [0.1, 0.15) is 6.54 Å². The van der Waals surface area contributed by atoms with Gasteiger partial charge in [-0.1, -0.05) is 0 Å². The molecule has 0 aromatic carbocycles. The molecule has 0 aliphatic rings. The fourth-order valence-corrected chi connectivity index (χ4v) is 0.828. The number of methoxy groups -OCH3 is 1. The van der Waals surface area contributed by atoms with Crippen molar-refractivity contribution in [1.29, 1.82) is 0 Å². The van der Waals surface area contributed by atoms with Gasteiger partial charge in [0.2, 0.25) is 0 Å². The van der Waals surface area contributed by atoms with Crippen molar-refractivity contribution in [2.75, 3.05) is 7.11 Å². The molecular formula is C7H8F2N2O2. The second kappa shape index (κ2) is 3.97. The fraction of sp³-hybridized carbons (Fsp3) is 0.429. The molecule has 0 amide bonds. The lowest BCUT2D eigenvalue weighted by atomic mass is 10.4. The van der Waals surface area contributed by atoms with Gasteiger partial charge in [-0.3, -0.25) is 4.68 Å². The van der Waals surface area contributed by atoms with E-state index in [4.69, 9.17) is 0 Å². The van der Waals surface area contributed by atoms with Crippen LogP contribution in [-0.2, 0) is 11.3 Å². The van der Waals surface area contributed by atoms with Gasteiger partial charge >= 0.3 is 5.97 Å². The lowest BCUT2D eigenvalue weighted by Crippen LogP contribution is -2.06. The van der Waals surface area contributed by atoms with Crippen molar-refractivity contribution in [2.45, 2.75) is 13.0 Å². The molecule has 1 aromatic rings. The zero-order valence-electron chi connectivity index (χ0n) is 6.91. The van der Waals surface area contributed by atoms with Crippen molar-refractivity contribution in [3.8, 4) is 0 Å². The number of carbonyl (C=O) groups excluding carboxylic acids is 1. The van der Waals surface area contributed by atoms with Gasteiger partial charge < -0.3 is 4.74 Å². The molecule has 1 rings (SSSR count). The van der Waals surface area contributed by atoms with Gasteiger partial charge in [0, 0.05) is 6.20 Å². The third kappa shape index (κ3) is 2.50. The Balaban J connectivity index is 2.69. The number of esters is 1. The van der Waals surface area contributed by atoms with Gasteiger partial charge in [-0.05, 0) is 0 Å². The molecule has 0 spiro atoms. The molecule has 72 valence electrons. The summed E-state index contributed by atoms with van der Waals surface area (Å²) in [7, 11) is 1.22. The molecule has 0 unspecified atom stereocenters. The Bertz CT molecular complexity index is 298. The van der Waals surface area contributed by atoms with Gasteiger partial charge in [0.05, 0.1) is 18.9 Å². The van der Waals surface area contributed by atoms with E-state index in [1.54, 1.807) is 0 Å². The van der Waals surface area contributed by atoms with E-state index < -0.39 is 18.9 Å². The maximum absolute atomic E-state index is 11.8. The maximum atomic E-state index is 11.8. The third-order valence-corrected chi connectivity index (χ3v) is 1.38. The first-order chi connectivity index (χ1) is 6.13.